The van der Waals surface area contributed by atoms with E-state index in [1.165, 1.54) is 11.3 Å². The van der Waals surface area contributed by atoms with Crippen LogP contribution in [-0.4, -0.2) is 10.9 Å². The molecule has 2 heterocycles. The van der Waals surface area contributed by atoms with Gasteiger partial charge in [-0.1, -0.05) is 48.5 Å². The molecular weight excluding hydrogens is 356 g/mol. The number of hydrogen-bond acceptors (Lipinski definition) is 4. The van der Waals surface area contributed by atoms with Crippen LogP contribution in [0, 0.1) is 0 Å². The number of furan rings is 1. The van der Waals surface area contributed by atoms with Gasteiger partial charge in [0.25, 0.3) is 5.91 Å². The van der Waals surface area contributed by atoms with Gasteiger partial charge >= 0.3 is 0 Å². The van der Waals surface area contributed by atoms with Crippen molar-refractivity contribution < 1.29 is 9.21 Å². The number of nitrogens with one attached hydrogen (secondary N) is 1. The fourth-order valence-corrected chi connectivity index (χ4v) is 3.75. The van der Waals surface area contributed by atoms with Crippen LogP contribution in [0.15, 0.2) is 82.6 Å². The van der Waals surface area contributed by atoms with E-state index in [0.717, 1.165) is 21.7 Å². The number of fused-ring (bicyclic) bond motifs is 2. The predicted octanol–water partition coefficient (Wildman–Crippen LogP) is 5.96. The molecule has 2 aromatic heterocycles. The number of nitrogens with zero attached hydrogens (tertiary/aromatic N) is 1. The van der Waals surface area contributed by atoms with Gasteiger partial charge in [-0.25, -0.2) is 4.98 Å². The first-order valence-electron chi connectivity index (χ1n) is 8.51. The quantitative estimate of drug-likeness (QED) is 0.426. The highest BCUT2D eigenvalue weighted by molar-refractivity contribution is 7.14. The molecule has 0 unspecified atom stereocenters. The molecule has 0 saturated heterocycles. The van der Waals surface area contributed by atoms with Crippen LogP contribution in [0.25, 0.3) is 33.2 Å². The van der Waals surface area contributed by atoms with Crippen molar-refractivity contribution >= 4 is 44.1 Å². The number of carbonyl (C=O) groups excluding carboxylic acids is 1. The van der Waals surface area contributed by atoms with Gasteiger partial charge in [-0.3, -0.25) is 10.1 Å². The van der Waals surface area contributed by atoms with Crippen LogP contribution in [0.1, 0.15) is 10.4 Å². The third-order valence-electron chi connectivity index (χ3n) is 4.41. The summed E-state index contributed by atoms with van der Waals surface area (Å²) in [5.74, 6) is 0.518. The Balaban J connectivity index is 1.39. The number of amides is 1. The maximum atomic E-state index is 12.6. The van der Waals surface area contributed by atoms with Crippen LogP contribution in [0.4, 0.5) is 5.13 Å². The Bertz CT molecular complexity index is 1250. The molecule has 3 aromatic carbocycles. The molecule has 5 heteroatoms. The standard InChI is InChI=1S/C22H14N2O2S/c25-21(17-10-9-14-5-1-2-6-15(14)11-17)24-22-23-18(13-27-22)20-12-16-7-3-4-8-19(16)26-20/h1-13H,(H,23,24,25). The van der Waals surface area contributed by atoms with Crippen molar-refractivity contribution in [2.24, 2.45) is 0 Å². The zero-order valence-electron chi connectivity index (χ0n) is 14.2. The molecule has 0 radical (unpaired) electrons. The Labute approximate surface area is 159 Å². The van der Waals surface area contributed by atoms with Crippen LogP contribution < -0.4 is 5.32 Å². The topological polar surface area (TPSA) is 55.1 Å². The van der Waals surface area contributed by atoms with Crippen molar-refractivity contribution in [3.05, 3.63) is 83.7 Å². The van der Waals surface area contributed by atoms with Crippen LogP contribution in [0.3, 0.4) is 0 Å². The Kier molecular flexibility index (Phi) is 3.73. The summed E-state index contributed by atoms with van der Waals surface area (Å²) in [4.78, 5) is 17.1. The Morgan fingerprint density at radius 3 is 2.52 bits per heavy atom. The van der Waals surface area contributed by atoms with Gasteiger partial charge in [0, 0.05) is 16.3 Å². The SMILES string of the molecule is O=C(Nc1nc(-c2cc3ccccc3o2)cs1)c1ccc2ccccc2c1. The van der Waals surface area contributed by atoms with Gasteiger partial charge in [-0.15, -0.1) is 11.3 Å². The van der Waals surface area contributed by atoms with Gasteiger partial charge in [0.1, 0.15) is 11.3 Å². The first kappa shape index (κ1) is 15.8. The fraction of sp³-hybridized carbons (Fsp3) is 0. The van der Waals surface area contributed by atoms with Crippen molar-refractivity contribution in [1.82, 2.24) is 4.98 Å². The zero-order chi connectivity index (χ0) is 18.2. The Morgan fingerprint density at radius 2 is 1.67 bits per heavy atom. The first-order valence-corrected chi connectivity index (χ1v) is 9.39. The lowest BCUT2D eigenvalue weighted by atomic mass is 10.1. The predicted molar refractivity (Wildman–Crippen MR) is 109 cm³/mol. The summed E-state index contributed by atoms with van der Waals surface area (Å²) in [5, 5.41) is 8.47. The van der Waals surface area contributed by atoms with Crippen LogP contribution >= 0.6 is 11.3 Å². The normalized spacial score (nSPS) is 11.1. The molecule has 5 rings (SSSR count). The molecule has 1 N–H and O–H groups in total. The number of benzene rings is 3. The number of hydrogen-bond donors (Lipinski definition) is 1. The van der Waals surface area contributed by atoms with Gasteiger partial charge in [0.15, 0.2) is 10.9 Å². The van der Waals surface area contributed by atoms with Crippen LogP contribution in [0.2, 0.25) is 0 Å². The summed E-state index contributed by atoms with van der Waals surface area (Å²) in [5.41, 5.74) is 2.14. The van der Waals surface area contributed by atoms with Crippen molar-refractivity contribution in [3.63, 3.8) is 0 Å². The molecule has 0 fully saturated rings. The first-order chi connectivity index (χ1) is 13.3. The highest BCUT2D eigenvalue weighted by Crippen LogP contribution is 2.30. The molecular formula is C22H14N2O2S. The van der Waals surface area contributed by atoms with Crippen LogP contribution in [-0.2, 0) is 0 Å². The van der Waals surface area contributed by atoms with E-state index in [-0.39, 0.29) is 5.91 Å². The van der Waals surface area contributed by atoms with E-state index in [0.29, 0.717) is 22.1 Å². The van der Waals surface area contributed by atoms with Gasteiger partial charge in [-0.05, 0) is 35.0 Å². The molecule has 4 nitrogen and oxygen atoms in total. The van der Waals surface area contributed by atoms with E-state index in [1.807, 2.05) is 78.2 Å². The molecule has 27 heavy (non-hydrogen) atoms. The Morgan fingerprint density at radius 1 is 0.889 bits per heavy atom. The lowest BCUT2D eigenvalue weighted by molar-refractivity contribution is 0.102. The lowest BCUT2D eigenvalue weighted by Crippen LogP contribution is -2.11. The highest BCUT2D eigenvalue weighted by atomic mass is 32.1. The average Bonchev–Trinajstić information content (AvgIpc) is 3.34. The second kappa shape index (κ2) is 6.37. The minimum absolute atomic E-state index is 0.175. The summed E-state index contributed by atoms with van der Waals surface area (Å²) in [7, 11) is 0. The van der Waals surface area contributed by atoms with Crippen molar-refractivity contribution in [2.45, 2.75) is 0 Å². The molecule has 1 amide bonds. The third-order valence-corrected chi connectivity index (χ3v) is 5.17. The van der Waals surface area contributed by atoms with Crippen molar-refractivity contribution in [2.75, 3.05) is 5.32 Å². The van der Waals surface area contributed by atoms with E-state index in [4.69, 9.17) is 4.42 Å². The second-order valence-electron chi connectivity index (χ2n) is 6.20. The number of anilines is 1. The fourth-order valence-electron chi connectivity index (χ4n) is 3.05. The lowest BCUT2D eigenvalue weighted by Gasteiger charge is -2.03. The number of aromatic nitrogens is 1. The van der Waals surface area contributed by atoms with Gasteiger partial charge in [0.05, 0.1) is 0 Å². The molecule has 0 bridgehead atoms. The Hall–Kier alpha value is -3.44. The van der Waals surface area contributed by atoms with Crippen LogP contribution in [0.5, 0.6) is 0 Å². The summed E-state index contributed by atoms with van der Waals surface area (Å²) in [6.07, 6.45) is 0. The smallest absolute Gasteiger partial charge is 0.257 e. The summed E-state index contributed by atoms with van der Waals surface area (Å²) in [6.45, 7) is 0. The van der Waals surface area contributed by atoms with E-state index in [9.17, 15) is 4.79 Å². The highest BCUT2D eigenvalue weighted by Gasteiger charge is 2.13. The minimum Gasteiger partial charge on any atom is -0.454 e. The zero-order valence-corrected chi connectivity index (χ0v) is 15.0. The molecule has 0 spiro atoms. The van der Waals surface area contributed by atoms with E-state index in [2.05, 4.69) is 10.3 Å². The summed E-state index contributed by atoms with van der Waals surface area (Å²) >= 11 is 1.38. The molecule has 0 aliphatic carbocycles. The molecule has 0 aliphatic rings. The number of rotatable bonds is 3. The molecule has 0 saturated carbocycles. The molecule has 130 valence electrons. The molecule has 0 atom stereocenters. The molecule has 5 aromatic rings. The molecule has 0 aliphatic heterocycles. The maximum absolute atomic E-state index is 12.6. The van der Waals surface area contributed by atoms with Gasteiger partial charge in [-0.2, -0.15) is 0 Å². The average molecular weight is 370 g/mol. The van der Waals surface area contributed by atoms with E-state index in [1.54, 1.807) is 0 Å². The maximum Gasteiger partial charge on any atom is 0.257 e. The number of thiazole rings is 1. The van der Waals surface area contributed by atoms with E-state index >= 15 is 0 Å². The summed E-state index contributed by atoms with van der Waals surface area (Å²) < 4.78 is 5.84. The summed E-state index contributed by atoms with van der Waals surface area (Å²) in [6, 6.07) is 23.4. The minimum atomic E-state index is -0.175. The van der Waals surface area contributed by atoms with Crippen molar-refractivity contribution in [1.29, 1.82) is 0 Å². The van der Waals surface area contributed by atoms with E-state index < -0.39 is 0 Å². The van der Waals surface area contributed by atoms with Crippen molar-refractivity contribution in [3.8, 4) is 11.5 Å². The number of para-hydroxylation sites is 1. The van der Waals surface area contributed by atoms with Gasteiger partial charge < -0.3 is 4.42 Å². The number of carbonyl (C=O) groups is 1. The monoisotopic (exact) mass is 370 g/mol. The third kappa shape index (κ3) is 2.98. The second-order valence-corrected chi connectivity index (χ2v) is 7.06. The largest absolute Gasteiger partial charge is 0.454 e. The van der Waals surface area contributed by atoms with Gasteiger partial charge in [0.2, 0.25) is 0 Å².